The van der Waals surface area contributed by atoms with Crippen molar-refractivity contribution in [2.45, 2.75) is 19.0 Å². The van der Waals surface area contributed by atoms with E-state index in [0.29, 0.717) is 15.9 Å². The maximum atomic E-state index is 12.6. The molecule has 30 heavy (non-hydrogen) atoms. The minimum absolute atomic E-state index is 0.144. The van der Waals surface area contributed by atoms with Gasteiger partial charge in [0.25, 0.3) is 0 Å². The highest BCUT2D eigenvalue weighted by Gasteiger charge is 2.18. The Morgan fingerprint density at radius 1 is 1.13 bits per heavy atom. The largest absolute Gasteiger partial charge is 0.324 e. The smallest absolute Gasteiger partial charge is 0.234 e. The molecule has 1 N–H and O–H groups in total. The van der Waals surface area contributed by atoms with Gasteiger partial charge in [0.1, 0.15) is 0 Å². The number of hydrogen-bond donors (Lipinski definition) is 1. The second-order valence-corrected chi connectivity index (χ2v) is 9.03. The van der Waals surface area contributed by atoms with E-state index >= 15 is 0 Å². The van der Waals surface area contributed by atoms with Crippen molar-refractivity contribution in [2.75, 3.05) is 11.1 Å². The van der Waals surface area contributed by atoms with E-state index in [1.165, 1.54) is 11.8 Å². The van der Waals surface area contributed by atoms with Gasteiger partial charge < -0.3 is 5.32 Å². The summed E-state index contributed by atoms with van der Waals surface area (Å²) in [5, 5.41) is 14.9. The van der Waals surface area contributed by atoms with Crippen molar-refractivity contribution < 1.29 is 4.79 Å². The first-order valence-corrected chi connectivity index (χ1v) is 11.5. The molecule has 0 aliphatic heterocycles. The van der Waals surface area contributed by atoms with Gasteiger partial charge in [0.05, 0.1) is 21.3 Å². The molecule has 1 amide bonds. The fraction of sp³-hybridized carbons (Fsp3) is 0.136. The SMILES string of the molecule is Cc1cc(C)c(NC(=O)CSc2nnc(-c3cccs3)n2-c2ccccc2)c(Cl)c1. The molecule has 2 aromatic heterocycles. The van der Waals surface area contributed by atoms with E-state index in [-0.39, 0.29) is 11.7 Å². The number of amides is 1. The molecular formula is C22H19ClN4OS2. The maximum absolute atomic E-state index is 12.6. The van der Waals surface area contributed by atoms with Crippen molar-refractivity contribution in [1.29, 1.82) is 0 Å². The number of nitrogens with one attached hydrogen (secondary N) is 1. The molecule has 0 bridgehead atoms. The van der Waals surface area contributed by atoms with Crippen molar-refractivity contribution in [3.63, 3.8) is 0 Å². The van der Waals surface area contributed by atoms with Gasteiger partial charge in [0.2, 0.25) is 5.91 Å². The summed E-state index contributed by atoms with van der Waals surface area (Å²) in [5.41, 5.74) is 3.59. The van der Waals surface area contributed by atoms with Gasteiger partial charge in [-0.2, -0.15) is 0 Å². The van der Waals surface area contributed by atoms with Crippen LogP contribution in [0.2, 0.25) is 5.02 Å². The van der Waals surface area contributed by atoms with Gasteiger partial charge in [-0.25, -0.2) is 0 Å². The Morgan fingerprint density at radius 2 is 1.93 bits per heavy atom. The van der Waals surface area contributed by atoms with Crippen LogP contribution in [0.5, 0.6) is 0 Å². The second-order valence-electron chi connectivity index (χ2n) is 6.73. The average molecular weight is 455 g/mol. The first-order chi connectivity index (χ1) is 14.5. The third-order valence-corrected chi connectivity index (χ3v) is 6.51. The average Bonchev–Trinajstić information content (AvgIpc) is 3.39. The van der Waals surface area contributed by atoms with Crippen LogP contribution in [0.3, 0.4) is 0 Å². The lowest BCUT2D eigenvalue weighted by Crippen LogP contribution is -2.16. The number of halogens is 1. The van der Waals surface area contributed by atoms with Crippen LogP contribution in [-0.4, -0.2) is 26.4 Å². The van der Waals surface area contributed by atoms with Gasteiger partial charge >= 0.3 is 0 Å². The maximum Gasteiger partial charge on any atom is 0.234 e. The summed E-state index contributed by atoms with van der Waals surface area (Å²) in [6.45, 7) is 3.91. The molecule has 0 radical (unpaired) electrons. The van der Waals surface area contributed by atoms with Crippen LogP contribution >= 0.6 is 34.7 Å². The van der Waals surface area contributed by atoms with Gasteiger partial charge in [-0.15, -0.1) is 21.5 Å². The topological polar surface area (TPSA) is 59.8 Å². The summed E-state index contributed by atoms with van der Waals surface area (Å²) < 4.78 is 1.98. The lowest BCUT2D eigenvalue weighted by Gasteiger charge is -2.12. The normalized spacial score (nSPS) is 10.9. The minimum atomic E-state index is -0.144. The van der Waals surface area contributed by atoms with Crippen molar-refractivity contribution >= 4 is 46.3 Å². The summed E-state index contributed by atoms with van der Waals surface area (Å²) >= 11 is 9.26. The molecule has 5 nitrogen and oxygen atoms in total. The summed E-state index contributed by atoms with van der Waals surface area (Å²) in [4.78, 5) is 13.6. The van der Waals surface area contributed by atoms with E-state index in [2.05, 4.69) is 15.5 Å². The standard InChI is InChI=1S/C22H19ClN4OS2/c1-14-11-15(2)20(17(23)12-14)24-19(28)13-30-22-26-25-21(18-9-6-10-29-18)27(22)16-7-4-3-5-8-16/h3-12H,13H2,1-2H3,(H,24,28). The molecule has 0 fully saturated rings. The van der Waals surface area contributed by atoms with E-state index < -0.39 is 0 Å². The van der Waals surface area contributed by atoms with Crippen molar-refractivity contribution in [3.05, 3.63) is 76.1 Å². The van der Waals surface area contributed by atoms with E-state index in [1.807, 2.05) is 78.4 Å². The van der Waals surface area contributed by atoms with Gasteiger partial charge in [-0.1, -0.05) is 53.7 Å². The van der Waals surface area contributed by atoms with Crippen LogP contribution in [-0.2, 0) is 4.79 Å². The van der Waals surface area contributed by atoms with Gasteiger partial charge in [0, 0.05) is 5.69 Å². The Bertz CT molecular complexity index is 1150. The van der Waals surface area contributed by atoms with Crippen molar-refractivity contribution in [2.24, 2.45) is 0 Å². The highest BCUT2D eigenvalue weighted by molar-refractivity contribution is 7.99. The van der Waals surface area contributed by atoms with Crippen LogP contribution in [0.1, 0.15) is 11.1 Å². The number of thioether (sulfide) groups is 1. The van der Waals surface area contributed by atoms with Gasteiger partial charge in [0.15, 0.2) is 11.0 Å². The van der Waals surface area contributed by atoms with Crippen LogP contribution in [0.4, 0.5) is 5.69 Å². The number of anilines is 1. The molecule has 0 spiro atoms. The van der Waals surface area contributed by atoms with Crippen LogP contribution in [0.25, 0.3) is 16.4 Å². The zero-order valence-corrected chi connectivity index (χ0v) is 18.8. The minimum Gasteiger partial charge on any atom is -0.324 e. The third kappa shape index (κ3) is 4.43. The number of carbonyl (C=O) groups is 1. The highest BCUT2D eigenvalue weighted by Crippen LogP contribution is 2.31. The molecule has 8 heteroatoms. The third-order valence-electron chi connectivity index (χ3n) is 4.42. The molecule has 4 rings (SSSR count). The summed E-state index contributed by atoms with van der Waals surface area (Å²) in [7, 11) is 0. The van der Waals surface area contributed by atoms with Gasteiger partial charge in [-0.05, 0) is 54.6 Å². The molecule has 152 valence electrons. The molecule has 0 saturated heterocycles. The molecule has 2 aromatic carbocycles. The van der Waals surface area contributed by atoms with E-state index in [4.69, 9.17) is 11.6 Å². The fourth-order valence-electron chi connectivity index (χ4n) is 3.12. The Labute approximate surface area is 188 Å². The lowest BCUT2D eigenvalue weighted by atomic mass is 10.1. The van der Waals surface area contributed by atoms with E-state index in [9.17, 15) is 4.79 Å². The summed E-state index contributed by atoms with van der Waals surface area (Å²) in [6.07, 6.45) is 0. The number of carbonyl (C=O) groups excluding carboxylic acids is 1. The number of nitrogens with zero attached hydrogens (tertiary/aromatic N) is 3. The predicted molar refractivity (Wildman–Crippen MR) is 125 cm³/mol. The Kier molecular flexibility index (Phi) is 6.22. The number of thiophene rings is 1. The van der Waals surface area contributed by atoms with Crippen molar-refractivity contribution in [3.8, 4) is 16.4 Å². The number of aromatic nitrogens is 3. The predicted octanol–water partition coefficient (Wildman–Crippen LogP) is 6.00. The van der Waals surface area contributed by atoms with Crippen LogP contribution in [0, 0.1) is 13.8 Å². The van der Waals surface area contributed by atoms with Crippen molar-refractivity contribution in [1.82, 2.24) is 14.8 Å². The molecule has 0 saturated carbocycles. The van der Waals surface area contributed by atoms with Crippen LogP contribution < -0.4 is 5.32 Å². The molecule has 0 unspecified atom stereocenters. The van der Waals surface area contributed by atoms with Gasteiger partial charge in [-0.3, -0.25) is 9.36 Å². The Morgan fingerprint density at radius 3 is 2.63 bits per heavy atom. The summed E-state index contributed by atoms with van der Waals surface area (Å²) in [6, 6.07) is 17.7. The lowest BCUT2D eigenvalue weighted by molar-refractivity contribution is -0.113. The highest BCUT2D eigenvalue weighted by atomic mass is 35.5. The first kappa shape index (κ1) is 20.7. The monoisotopic (exact) mass is 454 g/mol. The number of benzene rings is 2. The number of para-hydroxylation sites is 1. The number of rotatable bonds is 6. The summed E-state index contributed by atoms with van der Waals surface area (Å²) in [5.74, 6) is 0.810. The van der Waals surface area contributed by atoms with Crippen LogP contribution in [0.15, 0.2) is 65.1 Å². The second kappa shape index (κ2) is 9.04. The molecule has 2 heterocycles. The zero-order chi connectivity index (χ0) is 21.1. The Balaban J connectivity index is 1.56. The fourth-order valence-corrected chi connectivity index (χ4v) is 4.94. The molecule has 4 aromatic rings. The van der Waals surface area contributed by atoms with E-state index in [0.717, 1.165) is 27.5 Å². The van der Waals surface area contributed by atoms with E-state index in [1.54, 1.807) is 11.3 Å². The first-order valence-electron chi connectivity index (χ1n) is 9.27. The number of hydrogen-bond acceptors (Lipinski definition) is 5. The molecule has 0 atom stereocenters. The zero-order valence-electron chi connectivity index (χ0n) is 16.4. The number of aryl methyl sites for hydroxylation is 2. The Hall–Kier alpha value is -2.61. The molecule has 0 aliphatic carbocycles. The quantitative estimate of drug-likeness (QED) is 0.363. The molecular weight excluding hydrogens is 436 g/mol. The molecule has 0 aliphatic rings.